The molecule has 5 nitrogen and oxygen atoms in total. The maximum absolute atomic E-state index is 13.3. The van der Waals surface area contributed by atoms with Gasteiger partial charge in [-0.2, -0.15) is 13.2 Å². The zero-order chi connectivity index (χ0) is 20.7. The highest BCUT2D eigenvalue weighted by Crippen LogP contribution is 2.33. The fourth-order valence-electron chi connectivity index (χ4n) is 3.38. The van der Waals surface area contributed by atoms with Crippen LogP contribution in [-0.4, -0.2) is 32.7 Å². The largest absolute Gasteiger partial charge is 0.444 e. The number of aryl methyl sites for hydroxylation is 1. The number of halogens is 3. The van der Waals surface area contributed by atoms with Gasteiger partial charge in [0.2, 0.25) is 0 Å². The maximum atomic E-state index is 13.3. The van der Waals surface area contributed by atoms with Crippen LogP contribution in [-0.2, 0) is 30.4 Å². The van der Waals surface area contributed by atoms with E-state index < -0.39 is 23.4 Å². The van der Waals surface area contributed by atoms with Gasteiger partial charge in [0.1, 0.15) is 11.4 Å². The fraction of sp³-hybridized carbons (Fsp3) is 0.500. The van der Waals surface area contributed by atoms with Crippen molar-refractivity contribution in [1.82, 2.24) is 14.5 Å². The monoisotopic (exact) mass is 395 g/mol. The molecule has 1 aromatic heterocycles. The number of ether oxygens (including phenoxy) is 1. The van der Waals surface area contributed by atoms with Crippen molar-refractivity contribution in [2.75, 3.05) is 6.54 Å². The number of fused-ring (bicyclic) bond motifs is 1. The Hall–Kier alpha value is -2.51. The first-order valence-corrected chi connectivity index (χ1v) is 9.13. The molecule has 0 fully saturated rings. The molecule has 0 radical (unpaired) electrons. The third kappa shape index (κ3) is 4.31. The molecular weight excluding hydrogens is 371 g/mol. The second-order valence-electron chi connectivity index (χ2n) is 7.95. The minimum atomic E-state index is -4.40. The van der Waals surface area contributed by atoms with Gasteiger partial charge in [0, 0.05) is 25.2 Å². The smallest absolute Gasteiger partial charge is 0.416 e. The van der Waals surface area contributed by atoms with E-state index in [0.717, 1.165) is 11.8 Å². The van der Waals surface area contributed by atoms with E-state index >= 15 is 0 Å². The van der Waals surface area contributed by atoms with Gasteiger partial charge in [0.15, 0.2) is 0 Å². The van der Waals surface area contributed by atoms with Gasteiger partial charge in [0.05, 0.1) is 17.8 Å². The highest BCUT2D eigenvalue weighted by Gasteiger charge is 2.34. The van der Waals surface area contributed by atoms with Crippen LogP contribution in [0, 0.1) is 6.92 Å². The topological polar surface area (TPSA) is 47.4 Å². The molecule has 0 saturated carbocycles. The lowest BCUT2D eigenvalue weighted by molar-refractivity contribution is -0.138. The lowest BCUT2D eigenvalue weighted by Crippen LogP contribution is -2.40. The van der Waals surface area contributed by atoms with Crippen LogP contribution in [0.5, 0.6) is 0 Å². The van der Waals surface area contributed by atoms with E-state index in [1.54, 1.807) is 38.7 Å². The predicted molar refractivity (Wildman–Crippen MR) is 97.9 cm³/mol. The molecule has 3 rings (SSSR count). The van der Waals surface area contributed by atoms with Gasteiger partial charge in [0.25, 0.3) is 0 Å². The third-order valence-corrected chi connectivity index (χ3v) is 4.61. The van der Waals surface area contributed by atoms with Crippen molar-refractivity contribution in [3.63, 3.8) is 0 Å². The van der Waals surface area contributed by atoms with Gasteiger partial charge >= 0.3 is 12.3 Å². The molecule has 0 spiro atoms. The molecule has 0 saturated heterocycles. The number of carbonyl (C=O) groups excluding carboxylic acids is 1. The fourth-order valence-corrected chi connectivity index (χ4v) is 3.38. The van der Waals surface area contributed by atoms with E-state index in [2.05, 4.69) is 4.98 Å². The molecule has 2 aromatic rings. The Morgan fingerprint density at radius 3 is 2.54 bits per heavy atom. The summed E-state index contributed by atoms with van der Waals surface area (Å²) in [6, 6.07) is 5.58. The predicted octanol–water partition coefficient (Wildman–Crippen LogP) is 4.55. The molecule has 0 bridgehead atoms. The van der Waals surface area contributed by atoms with Crippen molar-refractivity contribution in [2.24, 2.45) is 0 Å². The summed E-state index contributed by atoms with van der Waals surface area (Å²) >= 11 is 0. The van der Waals surface area contributed by atoms with Gasteiger partial charge in [-0.05, 0) is 39.3 Å². The second kappa shape index (κ2) is 7.14. The number of nitrogens with zero attached hydrogens (tertiary/aromatic N) is 3. The number of aromatic nitrogens is 2. The van der Waals surface area contributed by atoms with Crippen LogP contribution in [0.1, 0.15) is 49.1 Å². The van der Waals surface area contributed by atoms with Crippen LogP contribution >= 0.6 is 0 Å². The Morgan fingerprint density at radius 1 is 1.21 bits per heavy atom. The molecule has 2 heterocycles. The summed E-state index contributed by atoms with van der Waals surface area (Å²) in [6.45, 7) is 8.00. The van der Waals surface area contributed by atoms with Crippen molar-refractivity contribution in [3.05, 3.63) is 52.6 Å². The Bertz CT molecular complexity index is 882. The number of hydrogen-bond acceptors (Lipinski definition) is 3. The van der Waals surface area contributed by atoms with Crippen LogP contribution in [0.25, 0.3) is 0 Å². The Morgan fingerprint density at radius 2 is 1.89 bits per heavy atom. The standard InChI is InChI=1S/C20H24F3N3O2/c1-13-24-16-12-25(18(27)28-19(2,3)4)10-9-17(16)26(13)11-14-7-5-6-8-15(14)20(21,22)23/h5-8H,9-12H2,1-4H3. The molecular formula is C20H24F3N3O2. The quantitative estimate of drug-likeness (QED) is 0.749. The van der Waals surface area contributed by atoms with E-state index in [-0.39, 0.29) is 12.1 Å². The summed E-state index contributed by atoms with van der Waals surface area (Å²) < 4.78 is 47.1. The number of amides is 1. The molecule has 1 amide bonds. The van der Waals surface area contributed by atoms with Gasteiger partial charge in [-0.3, -0.25) is 0 Å². The first-order valence-electron chi connectivity index (χ1n) is 9.13. The SMILES string of the molecule is Cc1nc2c(n1Cc1ccccc1C(F)(F)F)CCN(C(=O)OC(C)(C)C)C2. The van der Waals surface area contributed by atoms with Crippen molar-refractivity contribution in [3.8, 4) is 0 Å². The minimum absolute atomic E-state index is 0.0935. The first kappa shape index (κ1) is 20.2. The Kier molecular flexibility index (Phi) is 5.16. The Labute approximate surface area is 162 Å². The van der Waals surface area contributed by atoms with E-state index in [9.17, 15) is 18.0 Å². The van der Waals surface area contributed by atoms with E-state index in [1.165, 1.54) is 12.1 Å². The summed E-state index contributed by atoms with van der Waals surface area (Å²) in [5.41, 5.74) is 0.554. The average molecular weight is 395 g/mol. The number of rotatable bonds is 2. The molecule has 0 unspecified atom stereocenters. The molecule has 152 valence electrons. The number of carbonyl (C=O) groups is 1. The van der Waals surface area contributed by atoms with Crippen LogP contribution < -0.4 is 0 Å². The molecule has 0 aliphatic carbocycles. The molecule has 0 atom stereocenters. The summed E-state index contributed by atoms with van der Waals surface area (Å²) in [6.07, 6.45) is -4.30. The van der Waals surface area contributed by atoms with Gasteiger partial charge < -0.3 is 14.2 Å². The summed E-state index contributed by atoms with van der Waals surface area (Å²) in [7, 11) is 0. The Balaban J connectivity index is 1.84. The minimum Gasteiger partial charge on any atom is -0.444 e. The number of alkyl halides is 3. The van der Waals surface area contributed by atoms with Crippen LogP contribution in [0.15, 0.2) is 24.3 Å². The highest BCUT2D eigenvalue weighted by molar-refractivity contribution is 5.68. The van der Waals surface area contributed by atoms with Crippen LogP contribution in [0.2, 0.25) is 0 Å². The third-order valence-electron chi connectivity index (χ3n) is 4.61. The molecule has 1 aliphatic heterocycles. The normalized spacial score (nSPS) is 14.8. The average Bonchev–Trinajstić information content (AvgIpc) is 2.88. The zero-order valence-electron chi connectivity index (χ0n) is 16.4. The summed E-state index contributed by atoms with van der Waals surface area (Å²) in [4.78, 5) is 18.4. The molecule has 8 heteroatoms. The van der Waals surface area contributed by atoms with Crippen molar-refractivity contribution < 1.29 is 22.7 Å². The number of benzene rings is 1. The summed E-state index contributed by atoms with van der Waals surface area (Å²) in [5, 5.41) is 0. The number of imidazole rings is 1. The molecule has 0 N–H and O–H groups in total. The van der Waals surface area contributed by atoms with Crippen LogP contribution in [0.4, 0.5) is 18.0 Å². The summed E-state index contributed by atoms with van der Waals surface area (Å²) in [5.74, 6) is 0.632. The van der Waals surface area contributed by atoms with Gasteiger partial charge in [-0.15, -0.1) is 0 Å². The first-order chi connectivity index (χ1) is 13.0. The van der Waals surface area contributed by atoms with Crippen molar-refractivity contribution >= 4 is 6.09 Å². The zero-order valence-corrected chi connectivity index (χ0v) is 16.4. The van der Waals surface area contributed by atoms with Gasteiger partial charge in [-0.1, -0.05) is 18.2 Å². The maximum Gasteiger partial charge on any atom is 0.416 e. The molecule has 28 heavy (non-hydrogen) atoms. The lowest BCUT2D eigenvalue weighted by atomic mass is 10.1. The lowest BCUT2D eigenvalue weighted by Gasteiger charge is -2.30. The molecule has 1 aliphatic rings. The molecule has 1 aromatic carbocycles. The van der Waals surface area contributed by atoms with E-state index in [4.69, 9.17) is 4.74 Å². The van der Waals surface area contributed by atoms with Crippen molar-refractivity contribution in [2.45, 2.75) is 59.0 Å². The highest BCUT2D eigenvalue weighted by atomic mass is 19.4. The van der Waals surface area contributed by atoms with E-state index in [1.807, 2.05) is 4.57 Å². The van der Waals surface area contributed by atoms with Gasteiger partial charge in [-0.25, -0.2) is 9.78 Å². The van der Waals surface area contributed by atoms with Crippen LogP contribution in [0.3, 0.4) is 0 Å². The second-order valence-corrected chi connectivity index (χ2v) is 7.95. The van der Waals surface area contributed by atoms with Crippen molar-refractivity contribution in [1.29, 1.82) is 0 Å². The number of hydrogen-bond donors (Lipinski definition) is 0. The van der Waals surface area contributed by atoms with E-state index in [0.29, 0.717) is 31.0 Å².